The van der Waals surface area contributed by atoms with Crippen LogP contribution in [-0.4, -0.2) is 53.2 Å². The molecular formula is C19H24N2O7S. The van der Waals surface area contributed by atoms with E-state index in [1.807, 2.05) is 0 Å². The number of carboxylic acid groups (broad SMARTS) is 1. The average molecular weight is 424 g/mol. The van der Waals surface area contributed by atoms with Crippen LogP contribution >= 0.6 is 11.3 Å². The molecule has 1 aromatic rings. The summed E-state index contributed by atoms with van der Waals surface area (Å²) < 4.78 is 10.3. The van der Waals surface area contributed by atoms with E-state index in [0.717, 1.165) is 10.4 Å². The van der Waals surface area contributed by atoms with Gasteiger partial charge in [0, 0.05) is 11.4 Å². The molecule has 0 aromatic carbocycles. The fourth-order valence-corrected chi connectivity index (χ4v) is 4.51. The number of ether oxygens (including phenoxy) is 2. The first-order valence-electron chi connectivity index (χ1n) is 9.26. The van der Waals surface area contributed by atoms with Gasteiger partial charge in [-0.3, -0.25) is 9.59 Å². The highest BCUT2D eigenvalue weighted by molar-refractivity contribution is 7.17. The van der Waals surface area contributed by atoms with E-state index in [0.29, 0.717) is 18.0 Å². The Morgan fingerprint density at radius 3 is 2.45 bits per heavy atom. The molecule has 2 amide bonds. The Balaban J connectivity index is 1.81. The predicted molar refractivity (Wildman–Crippen MR) is 104 cm³/mol. The molecule has 0 bridgehead atoms. The number of nitrogens with one attached hydrogen (secondary N) is 1. The normalized spacial score (nSPS) is 20.5. The minimum Gasteiger partial charge on any atom is -0.481 e. The molecule has 29 heavy (non-hydrogen) atoms. The second-order valence-electron chi connectivity index (χ2n) is 8.13. The van der Waals surface area contributed by atoms with E-state index < -0.39 is 41.4 Å². The first-order chi connectivity index (χ1) is 13.5. The number of carbonyl (C=O) groups excluding carboxylic acids is 3. The molecule has 10 heteroatoms. The van der Waals surface area contributed by atoms with Crippen molar-refractivity contribution in [3.05, 3.63) is 16.0 Å². The van der Waals surface area contributed by atoms with Crippen molar-refractivity contribution in [3.8, 4) is 0 Å². The molecule has 158 valence electrons. The second kappa shape index (κ2) is 7.66. The van der Waals surface area contributed by atoms with Crippen LogP contribution in [0.5, 0.6) is 0 Å². The Morgan fingerprint density at radius 2 is 1.90 bits per heavy atom. The lowest BCUT2D eigenvalue weighted by atomic mass is 10.0. The van der Waals surface area contributed by atoms with Gasteiger partial charge in [-0.1, -0.05) is 0 Å². The lowest BCUT2D eigenvalue weighted by Gasteiger charge is -2.30. The molecule has 0 saturated heterocycles. The van der Waals surface area contributed by atoms with Crippen molar-refractivity contribution >= 4 is 40.3 Å². The zero-order valence-electron chi connectivity index (χ0n) is 16.7. The van der Waals surface area contributed by atoms with Crippen molar-refractivity contribution in [2.75, 3.05) is 19.0 Å². The van der Waals surface area contributed by atoms with E-state index in [1.165, 1.54) is 18.4 Å². The van der Waals surface area contributed by atoms with E-state index in [9.17, 15) is 19.2 Å². The highest BCUT2D eigenvalue weighted by atomic mass is 32.1. The molecule has 2 aliphatic rings. The smallest absolute Gasteiger partial charge is 0.410 e. The molecular weight excluding hydrogens is 400 g/mol. The number of fused-ring (bicyclic) bond motifs is 1. The first kappa shape index (κ1) is 21.1. The second-order valence-corrected chi connectivity index (χ2v) is 9.23. The Labute approximate surface area is 172 Å². The zero-order valence-corrected chi connectivity index (χ0v) is 17.6. The number of nitrogens with zero attached hydrogens (tertiary/aromatic N) is 1. The molecule has 2 N–H and O–H groups in total. The number of anilines is 1. The van der Waals surface area contributed by atoms with Crippen molar-refractivity contribution < 1.29 is 33.8 Å². The van der Waals surface area contributed by atoms with E-state index in [1.54, 1.807) is 25.7 Å². The van der Waals surface area contributed by atoms with E-state index in [2.05, 4.69) is 5.32 Å². The van der Waals surface area contributed by atoms with Gasteiger partial charge < -0.3 is 24.8 Å². The maximum absolute atomic E-state index is 12.4. The molecule has 3 rings (SSSR count). The van der Waals surface area contributed by atoms with Crippen LogP contribution in [0.25, 0.3) is 0 Å². The topological polar surface area (TPSA) is 122 Å². The number of methoxy groups -OCH3 is 1. The van der Waals surface area contributed by atoms with Gasteiger partial charge in [-0.25, -0.2) is 9.59 Å². The maximum Gasteiger partial charge on any atom is 0.410 e. The summed E-state index contributed by atoms with van der Waals surface area (Å²) in [5.41, 5.74) is 0.397. The van der Waals surface area contributed by atoms with Crippen LogP contribution in [-0.2, 0) is 32.0 Å². The average Bonchev–Trinajstić information content (AvgIpc) is 3.35. The number of amides is 2. The van der Waals surface area contributed by atoms with Gasteiger partial charge in [-0.15, -0.1) is 11.3 Å². The molecule has 0 spiro atoms. The quantitative estimate of drug-likeness (QED) is 0.712. The van der Waals surface area contributed by atoms with Crippen molar-refractivity contribution in [1.29, 1.82) is 0 Å². The zero-order chi connectivity index (χ0) is 21.5. The van der Waals surface area contributed by atoms with Gasteiger partial charge in [0.15, 0.2) is 0 Å². The summed E-state index contributed by atoms with van der Waals surface area (Å²) in [4.78, 5) is 50.4. The van der Waals surface area contributed by atoms with Gasteiger partial charge in [0.1, 0.15) is 10.6 Å². The van der Waals surface area contributed by atoms with Crippen LogP contribution < -0.4 is 5.32 Å². The Kier molecular flexibility index (Phi) is 5.57. The monoisotopic (exact) mass is 424 g/mol. The van der Waals surface area contributed by atoms with Crippen LogP contribution in [0.2, 0.25) is 0 Å². The molecule has 1 aromatic heterocycles. The van der Waals surface area contributed by atoms with Gasteiger partial charge in [0.05, 0.1) is 31.1 Å². The molecule has 1 aliphatic carbocycles. The van der Waals surface area contributed by atoms with Crippen molar-refractivity contribution in [1.82, 2.24) is 4.90 Å². The van der Waals surface area contributed by atoms with Crippen LogP contribution in [0.4, 0.5) is 9.80 Å². The number of rotatable bonds is 4. The number of carbonyl (C=O) groups is 4. The minimum atomic E-state index is -1.00. The summed E-state index contributed by atoms with van der Waals surface area (Å²) in [5, 5.41) is 12.0. The fourth-order valence-electron chi connectivity index (χ4n) is 3.25. The molecule has 2 unspecified atom stereocenters. The molecule has 1 aliphatic heterocycles. The van der Waals surface area contributed by atoms with Crippen molar-refractivity contribution in [3.63, 3.8) is 0 Å². The van der Waals surface area contributed by atoms with E-state index in [4.69, 9.17) is 14.6 Å². The van der Waals surface area contributed by atoms with E-state index in [-0.39, 0.29) is 18.5 Å². The summed E-state index contributed by atoms with van der Waals surface area (Å²) in [5.74, 6) is -3.29. The first-order valence-corrected chi connectivity index (χ1v) is 10.1. The van der Waals surface area contributed by atoms with Crippen LogP contribution in [0, 0.1) is 11.8 Å². The van der Waals surface area contributed by atoms with Gasteiger partial charge in [0.25, 0.3) is 0 Å². The van der Waals surface area contributed by atoms with Crippen LogP contribution in [0.3, 0.4) is 0 Å². The highest BCUT2D eigenvalue weighted by Gasteiger charge is 2.48. The van der Waals surface area contributed by atoms with Gasteiger partial charge in [0.2, 0.25) is 5.91 Å². The number of hydrogen-bond donors (Lipinski definition) is 2. The summed E-state index contributed by atoms with van der Waals surface area (Å²) in [7, 11) is 1.26. The molecule has 0 radical (unpaired) electrons. The molecule has 2 atom stereocenters. The molecule has 9 nitrogen and oxygen atoms in total. The third kappa shape index (κ3) is 4.52. The van der Waals surface area contributed by atoms with Gasteiger partial charge >= 0.3 is 18.0 Å². The number of esters is 1. The Bertz CT molecular complexity index is 871. The number of carboxylic acids is 1. The summed E-state index contributed by atoms with van der Waals surface area (Å²) in [6, 6.07) is 0. The lowest BCUT2D eigenvalue weighted by molar-refractivity contribution is -0.139. The summed E-state index contributed by atoms with van der Waals surface area (Å²) in [6.07, 6.45) is 0.266. The Morgan fingerprint density at radius 1 is 1.21 bits per heavy atom. The SMILES string of the molecule is COC(=O)c1c(NC(=O)C2CC2C(=O)O)sc2c1CCN(C(=O)OC(C)(C)C)C2. The largest absolute Gasteiger partial charge is 0.481 e. The molecule has 1 saturated carbocycles. The predicted octanol–water partition coefficient (Wildman–Crippen LogP) is 2.49. The third-order valence-corrected chi connectivity index (χ3v) is 5.91. The highest BCUT2D eigenvalue weighted by Crippen LogP contribution is 2.42. The van der Waals surface area contributed by atoms with E-state index >= 15 is 0 Å². The minimum absolute atomic E-state index is 0.260. The molecule has 2 heterocycles. The summed E-state index contributed by atoms with van der Waals surface area (Å²) >= 11 is 1.20. The maximum atomic E-state index is 12.4. The van der Waals surface area contributed by atoms with Gasteiger partial charge in [-0.2, -0.15) is 0 Å². The number of aliphatic carboxylic acids is 1. The van der Waals surface area contributed by atoms with Crippen LogP contribution in [0.15, 0.2) is 0 Å². The fraction of sp³-hybridized carbons (Fsp3) is 0.579. The van der Waals surface area contributed by atoms with Crippen LogP contribution in [0.1, 0.15) is 48.0 Å². The number of thiophene rings is 1. The number of hydrogen-bond acceptors (Lipinski definition) is 7. The van der Waals surface area contributed by atoms with Gasteiger partial charge in [-0.05, 0) is 39.2 Å². The third-order valence-electron chi connectivity index (χ3n) is 4.78. The lowest BCUT2D eigenvalue weighted by Crippen LogP contribution is -2.39. The standard InChI is InChI=1S/C19H24N2O7S/c1-19(2,3)28-18(26)21-6-5-9-12(8-21)29-15(13(9)17(25)27-4)20-14(22)10-7-11(10)16(23)24/h10-11H,5-8H2,1-4H3,(H,20,22)(H,23,24). The van der Waals surface area contributed by atoms with Crippen molar-refractivity contribution in [2.24, 2.45) is 11.8 Å². The molecule has 1 fully saturated rings. The Hall–Kier alpha value is -2.62. The summed E-state index contributed by atoms with van der Waals surface area (Å²) in [6.45, 7) is 6.00. The van der Waals surface area contributed by atoms with Crippen molar-refractivity contribution in [2.45, 2.75) is 45.8 Å².